The minimum Gasteiger partial charge on any atom is -0.396 e. The summed E-state index contributed by atoms with van der Waals surface area (Å²) in [5, 5.41) is 17.9. The second-order valence-electron chi connectivity index (χ2n) is 3.38. The molecule has 0 aromatic rings. The zero-order chi connectivity index (χ0) is 8.27. The number of aliphatic hydroxyl groups excluding tert-OH is 2. The van der Waals surface area contributed by atoms with Crippen molar-refractivity contribution in [3.8, 4) is 0 Å². The maximum absolute atomic E-state index is 8.97. The lowest BCUT2D eigenvalue weighted by Crippen LogP contribution is -2.24. The lowest BCUT2D eigenvalue weighted by molar-refractivity contribution is 0.115. The fraction of sp³-hybridized carbons (Fsp3) is 0.778. The number of aliphatic hydroxyl groups is 2. The van der Waals surface area contributed by atoms with Crippen molar-refractivity contribution in [2.45, 2.75) is 19.8 Å². The molecule has 2 heteroatoms. The van der Waals surface area contributed by atoms with Crippen molar-refractivity contribution < 1.29 is 10.2 Å². The van der Waals surface area contributed by atoms with Gasteiger partial charge >= 0.3 is 0 Å². The molecule has 64 valence electrons. The molecule has 0 unspecified atom stereocenters. The summed E-state index contributed by atoms with van der Waals surface area (Å²) in [6, 6.07) is 0. The standard InChI is InChI=1S/C9H16O2/c1-7-2-3-8(5-10)9(4-7)6-11/h2,8-11H,3-6H2,1H3/t8-,9-/m1/s1. The molecule has 0 aromatic carbocycles. The molecule has 0 amide bonds. The molecule has 2 atom stereocenters. The molecule has 0 spiro atoms. The average Bonchev–Trinajstić information content (AvgIpc) is 2.04. The second kappa shape index (κ2) is 3.88. The Morgan fingerprint density at radius 3 is 2.55 bits per heavy atom. The Morgan fingerprint density at radius 2 is 2.00 bits per heavy atom. The van der Waals surface area contributed by atoms with Gasteiger partial charge in [0.1, 0.15) is 0 Å². The van der Waals surface area contributed by atoms with Gasteiger partial charge in [-0.15, -0.1) is 0 Å². The fourth-order valence-electron chi connectivity index (χ4n) is 1.65. The van der Waals surface area contributed by atoms with Crippen LogP contribution in [0, 0.1) is 11.8 Å². The van der Waals surface area contributed by atoms with Crippen molar-refractivity contribution in [1.29, 1.82) is 0 Å². The van der Waals surface area contributed by atoms with Crippen LogP contribution in [-0.4, -0.2) is 23.4 Å². The van der Waals surface area contributed by atoms with Crippen LogP contribution in [0.25, 0.3) is 0 Å². The van der Waals surface area contributed by atoms with Gasteiger partial charge in [-0.25, -0.2) is 0 Å². The van der Waals surface area contributed by atoms with E-state index in [1.165, 1.54) is 5.57 Å². The summed E-state index contributed by atoms with van der Waals surface area (Å²) < 4.78 is 0. The van der Waals surface area contributed by atoms with Crippen LogP contribution in [0.4, 0.5) is 0 Å². The van der Waals surface area contributed by atoms with Crippen molar-refractivity contribution in [2.75, 3.05) is 13.2 Å². The van der Waals surface area contributed by atoms with Crippen LogP contribution < -0.4 is 0 Å². The Hall–Kier alpha value is -0.340. The van der Waals surface area contributed by atoms with Crippen LogP contribution in [-0.2, 0) is 0 Å². The van der Waals surface area contributed by atoms with E-state index >= 15 is 0 Å². The lowest BCUT2D eigenvalue weighted by atomic mass is 9.81. The molecule has 11 heavy (non-hydrogen) atoms. The van der Waals surface area contributed by atoms with Gasteiger partial charge < -0.3 is 10.2 Å². The summed E-state index contributed by atoms with van der Waals surface area (Å²) in [4.78, 5) is 0. The number of hydrogen-bond donors (Lipinski definition) is 2. The highest BCUT2D eigenvalue weighted by Crippen LogP contribution is 2.28. The van der Waals surface area contributed by atoms with E-state index in [2.05, 4.69) is 13.0 Å². The van der Waals surface area contributed by atoms with Gasteiger partial charge in [-0.2, -0.15) is 0 Å². The maximum atomic E-state index is 8.97. The predicted molar refractivity (Wildman–Crippen MR) is 44.1 cm³/mol. The van der Waals surface area contributed by atoms with Gasteiger partial charge in [-0.05, 0) is 31.6 Å². The normalized spacial score (nSPS) is 31.7. The maximum Gasteiger partial charge on any atom is 0.0465 e. The third kappa shape index (κ3) is 2.04. The van der Waals surface area contributed by atoms with Crippen LogP contribution in [0.3, 0.4) is 0 Å². The summed E-state index contributed by atoms with van der Waals surface area (Å²) in [7, 11) is 0. The Bertz CT molecular complexity index is 152. The van der Waals surface area contributed by atoms with Gasteiger partial charge in [-0.1, -0.05) is 11.6 Å². The average molecular weight is 156 g/mol. The second-order valence-corrected chi connectivity index (χ2v) is 3.38. The van der Waals surface area contributed by atoms with E-state index in [-0.39, 0.29) is 25.0 Å². The van der Waals surface area contributed by atoms with Crippen molar-refractivity contribution in [3.05, 3.63) is 11.6 Å². The highest BCUT2D eigenvalue weighted by atomic mass is 16.3. The smallest absolute Gasteiger partial charge is 0.0465 e. The van der Waals surface area contributed by atoms with Crippen molar-refractivity contribution in [2.24, 2.45) is 11.8 Å². The van der Waals surface area contributed by atoms with E-state index in [1.54, 1.807) is 0 Å². The van der Waals surface area contributed by atoms with Crippen LogP contribution >= 0.6 is 0 Å². The zero-order valence-electron chi connectivity index (χ0n) is 6.95. The molecule has 0 fully saturated rings. The van der Waals surface area contributed by atoms with E-state index in [0.717, 1.165) is 12.8 Å². The third-order valence-electron chi connectivity index (χ3n) is 2.49. The van der Waals surface area contributed by atoms with Crippen molar-refractivity contribution in [3.63, 3.8) is 0 Å². The minimum absolute atomic E-state index is 0.203. The molecule has 1 rings (SSSR count). The number of hydrogen-bond acceptors (Lipinski definition) is 2. The monoisotopic (exact) mass is 156 g/mol. The zero-order valence-corrected chi connectivity index (χ0v) is 6.95. The van der Waals surface area contributed by atoms with Crippen molar-refractivity contribution >= 4 is 0 Å². The summed E-state index contributed by atoms with van der Waals surface area (Å²) in [5.74, 6) is 0.564. The predicted octanol–water partition coefficient (Wildman–Crippen LogP) is 0.944. The first kappa shape index (κ1) is 8.75. The molecule has 1 aliphatic rings. The van der Waals surface area contributed by atoms with E-state index in [1.807, 2.05) is 0 Å². The lowest BCUT2D eigenvalue weighted by Gasteiger charge is -2.27. The van der Waals surface area contributed by atoms with Gasteiger partial charge in [0.15, 0.2) is 0 Å². The van der Waals surface area contributed by atoms with Crippen LogP contribution in [0.5, 0.6) is 0 Å². The van der Waals surface area contributed by atoms with E-state index in [4.69, 9.17) is 10.2 Å². The first-order chi connectivity index (χ1) is 5.27. The van der Waals surface area contributed by atoms with Crippen molar-refractivity contribution in [1.82, 2.24) is 0 Å². The van der Waals surface area contributed by atoms with E-state index in [9.17, 15) is 0 Å². The molecule has 2 nitrogen and oxygen atoms in total. The van der Waals surface area contributed by atoms with Gasteiger partial charge in [0.25, 0.3) is 0 Å². The van der Waals surface area contributed by atoms with Crippen LogP contribution in [0.15, 0.2) is 11.6 Å². The van der Waals surface area contributed by atoms with Gasteiger partial charge in [0.2, 0.25) is 0 Å². The first-order valence-corrected chi connectivity index (χ1v) is 4.15. The summed E-state index contributed by atoms with van der Waals surface area (Å²) in [5.41, 5.74) is 1.34. The number of allylic oxidation sites excluding steroid dienone is 2. The molecule has 0 aliphatic heterocycles. The number of rotatable bonds is 2. The Balaban J connectivity index is 2.55. The summed E-state index contributed by atoms with van der Waals surface area (Å²) >= 11 is 0. The van der Waals surface area contributed by atoms with Gasteiger partial charge in [0, 0.05) is 13.2 Å². The minimum atomic E-state index is 0.203. The van der Waals surface area contributed by atoms with Gasteiger partial charge in [-0.3, -0.25) is 0 Å². The SMILES string of the molecule is CC1=CC[C@H](CO)[C@@H](CO)C1. The molecule has 0 bridgehead atoms. The molecule has 1 aliphatic carbocycles. The summed E-state index contributed by atoms with van der Waals surface area (Å²) in [6.07, 6.45) is 4.03. The summed E-state index contributed by atoms with van der Waals surface area (Å²) in [6.45, 7) is 2.49. The van der Waals surface area contributed by atoms with Crippen LogP contribution in [0.2, 0.25) is 0 Å². The van der Waals surface area contributed by atoms with E-state index < -0.39 is 0 Å². The molecule has 0 saturated carbocycles. The largest absolute Gasteiger partial charge is 0.396 e. The van der Waals surface area contributed by atoms with E-state index in [0.29, 0.717) is 0 Å². The Labute approximate surface area is 67.6 Å². The Morgan fingerprint density at radius 1 is 1.36 bits per heavy atom. The molecular weight excluding hydrogens is 140 g/mol. The van der Waals surface area contributed by atoms with Crippen LogP contribution in [0.1, 0.15) is 19.8 Å². The molecule has 0 saturated heterocycles. The molecule has 2 N–H and O–H groups in total. The fourth-order valence-corrected chi connectivity index (χ4v) is 1.65. The quantitative estimate of drug-likeness (QED) is 0.584. The molecule has 0 aromatic heterocycles. The molecule has 0 heterocycles. The highest BCUT2D eigenvalue weighted by Gasteiger charge is 2.22. The van der Waals surface area contributed by atoms with Gasteiger partial charge in [0.05, 0.1) is 0 Å². The highest BCUT2D eigenvalue weighted by molar-refractivity contribution is 5.05. The molecular formula is C9H16O2. The topological polar surface area (TPSA) is 40.5 Å². The first-order valence-electron chi connectivity index (χ1n) is 4.15. The Kier molecular flexibility index (Phi) is 3.09. The molecule has 0 radical (unpaired) electrons. The third-order valence-corrected chi connectivity index (χ3v) is 2.49.